The molecular formula is C49H68IrNO2SSi-. The second-order valence-electron chi connectivity index (χ2n) is 17.3. The monoisotopic (exact) mass is 955 g/mol. The first kappa shape index (κ1) is 46.7. The third-order valence-corrected chi connectivity index (χ3v) is 18.7. The number of aromatic nitrogens is 1. The number of ketones is 1. The molecule has 2 heterocycles. The Labute approximate surface area is 352 Å². The molecule has 0 aliphatic carbocycles. The zero-order valence-electron chi connectivity index (χ0n) is 35.8. The maximum Gasteiger partial charge on any atom is 0.162 e. The van der Waals surface area contributed by atoms with Crippen LogP contribution in [0.4, 0.5) is 0 Å². The minimum absolute atomic E-state index is 0. The minimum Gasteiger partial charge on any atom is -0.512 e. The number of aliphatic hydroxyl groups is 1. The van der Waals surface area contributed by atoms with Crippen molar-refractivity contribution in [2.75, 3.05) is 0 Å². The Balaban J connectivity index is 0.000000433. The fourth-order valence-electron chi connectivity index (χ4n) is 8.82. The van der Waals surface area contributed by atoms with Crippen LogP contribution in [0.15, 0.2) is 72.6 Å². The van der Waals surface area contributed by atoms with Crippen LogP contribution < -0.4 is 5.19 Å². The number of carbonyl (C=O) groups excluding carboxylic acids is 1. The Morgan fingerprint density at radius 3 is 1.89 bits per heavy atom. The van der Waals surface area contributed by atoms with Crippen LogP contribution in [0.3, 0.4) is 0 Å². The summed E-state index contributed by atoms with van der Waals surface area (Å²) in [7, 11) is -1.67. The number of thiophene rings is 1. The van der Waals surface area contributed by atoms with E-state index in [0.29, 0.717) is 5.92 Å². The Morgan fingerprint density at radius 2 is 1.35 bits per heavy atom. The maximum absolute atomic E-state index is 11.7. The summed E-state index contributed by atoms with van der Waals surface area (Å²) in [5, 5.41) is 16.6. The predicted molar refractivity (Wildman–Crippen MR) is 241 cm³/mol. The Morgan fingerprint density at radius 1 is 0.764 bits per heavy atom. The molecule has 2 aromatic heterocycles. The van der Waals surface area contributed by atoms with Crippen molar-refractivity contribution < 1.29 is 30.0 Å². The molecule has 3 aromatic carbocycles. The fourth-order valence-corrected chi connectivity index (χ4v) is 16.9. The quantitative estimate of drug-likeness (QED) is 0.0464. The van der Waals surface area contributed by atoms with Gasteiger partial charge in [0.2, 0.25) is 0 Å². The number of rotatable bonds is 16. The molecule has 0 unspecified atom stereocenters. The van der Waals surface area contributed by atoms with Gasteiger partial charge in [-0.15, -0.1) is 40.5 Å². The van der Waals surface area contributed by atoms with Crippen LogP contribution in [-0.2, 0) is 24.9 Å². The molecule has 3 nitrogen and oxygen atoms in total. The van der Waals surface area contributed by atoms with Gasteiger partial charge in [0.25, 0.3) is 0 Å². The van der Waals surface area contributed by atoms with Crippen LogP contribution in [0.2, 0.25) is 18.1 Å². The van der Waals surface area contributed by atoms with Crippen molar-refractivity contribution in [3.63, 3.8) is 0 Å². The van der Waals surface area contributed by atoms with Crippen LogP contribution in [-0.4, -0.2) is 23.9 Å². The molecule has 0 atom stereocenters. The van der Waals surface area contributed by atoms with Crippen molar-refractivity contribution in [3.05, 3.63) is 84.3 Å². The first-order valence-electron chi connectivity index (χ1n) is 20.9. The number of allylic oxidation sites excluding steroid dienone is 2. The summed E-state index contributed by atoms with van der Waals surface area (Å²) in [6, 6.07) is 28.6. The molecule has 0 saturated heterocycles. The maximum atomic E-state index is 11.7. The summed E-state index contributed by atoms with van der Waals surface area (Å²) >= 11 is 1.93. The molecule has 6 heteroatoms. The molecule has 5 rings (SSSR count). The number of benzene rings is 3. The molecular weight excluding hydrogens is 887 g/mol. The van der Waals surface area contributed by atoms with Crippen molar-refractivity contribution in [3.8, 4) is 11.3 Å². The van der Waals surface area contributed by atoms with Crippen LogP contribution in [0.25, 0.3) is 42.2 Å². The number of hydrogen-bond donors (Lipinski definition) is 1. The van der Waals surface area contributed by atoms with Crippen LogP contribution in [0.1, 0.15) is 120 Å². The van der Waals surface area contributed by atoms with Crippen molar-refractivity contribution in [1.29, 1.82) is 0 Å². The van der Waals surface area contributed by atoms with Gasteiger partial charge < -0.3 is 5.11 Å². The zero-order valence-corrected chi connectivity index (χ0v) is 40.0. The summed E-state index contributed by atoms with van der Waals surface area (Å²) in [5.41, 5.74) is 3.55. The van der Waals surface area contributed by atoms with E-state index in [1.54, 1.807) is 5.19 Å². The van der Waals surface area contributed by atoms with Crippen LogP contribution in [0, 0.1) is 35.7 Å². The molecule has 301 valence electrons. The van der Waals surface area contributed by atoms with Crippen molar-refractivity contribution in [2.24, 2.45) is 29.6 Å². The number of hydrogen-bond acceptors (Lipinski definition) is 4. The Hall–Kier alpha value is -2.63. The van der Waals surface area contributed by atoms with Gasteiger partial charge in [0, 0.05) is 59.3 Å². The van der Waals surface area contributed by atoms with Crippen molar-refractivity contribution >= 4 is 61.3 Å². The van der Waals surface area contributed by atoms with Gasteiger partial charge in [-0.25, -0.2) is 0 Å². The van der Waals surface area contributed by atoms with Gasteiger partial charge in [0.05, 0.1) is 13.8 Å². The average Bonchev–Trinajstić information content (AvgIpc) is 3.50. The smallest absolute Gasteiger partial charge is 0.162 e. The topological polar surface area (TPSA) is 50.2 Å². The molecule has 5 aromatic rings. The van der Waals surface area contributed by atoms with Crippen molar-refractivity contribution in [1.82, 2.24) is 4.98 Å². The van der Waals surface area contributed by atoms with E-state index in [0.717, 1.165) is 54.7 Å². The molecule has 0 spiro atoms. The van der Waals surface area contributed by atoms with Gasteiger partial charge in [-0.3, -0.25) is 9.78 Å². The van der Waals surface area contributed by atoms with Crippen LogP contribution in [0.5, 0.6) is 0 Å². The molecule has 0 aliphatic rings. The van der Waals surface area contributed by atoms with Gasteiger partial charge in [-0.05, 0) is 72.3 Å². The SMILES string of the molecule is CC(C)C[Si](CC(C)C)(CC(C)C)c1ccc2c(c1)sc1c(-c3[c-]c4ccccc4c(C(C)C)c3)nccc12.CCC(CC)C(=O)/C=C(\O)C(CC)CC.[Ir]. The molecule has 0 saturated carbocycles. The molecule has 0 fully saturated rings. The fraction of sp³-hybridized carbons (Fsp3) is 0.510. The number of nitrogens with zero attached hydrogens (tertiary/aromatic N) is 1. The average molecular weight is 955 g/mol. The van der Waals surface area contributed by atoms with E-state index in [4.69, 9.17) is 4.98 Å². The number of aliphatic hydroxyl groups excluding tert-OH is 1. The predicted octanol–water partition coefficient (Wildman–Crippen LogP) is 14.7. The van der Waals surface area contributed by atoms with Gasteiger partial charge >= 0.3 is 0 Å². The van der Waals surface area contributed by atoms with E-state index in [-0.39, 0.29) is 43.5 Å². The summed E-state index contributed by atoms with van der Waals surface area (Å²) in [6.07, 6.45) is 6.90. The number of fused-ring (bicyclic) bond motifs is 4. The summed E-state index contributed by atoms with van der Waals surface area (Å²) in [6.45, 7) is 27.2. The number of pyridine rings is 1. The van der Waals surface area contributed by atoms with Gasteiger partial charge in [-0.1, -0.05) is 148 Å². The molecule has 1 N–H and O–H groups in total. The van der Waals surface area contributed by atoms with Gasteiger partial charge in [0.15, 0.2) is 5.78 Å². The van der Waals surface area contributed by atoms with E-state index in [1.165, 1.54) is 60.7 Å². The zero-order chi connectivity index (χ0) is 39.7. The number of carbonyl (C=O) groups is 1. The van der Waals surface area contributed by atoms with Crippen LogP contribution >= 0.6 is 11.3 Å². The molecule has 55 heavy (non-hydrogen) atoms. The Bertz CT molecular complexity index is 1990. The van der Waals surface area contributed by atoms with E-state index in [9.17, 15) is 9.90 Å². The Kier molecular flexibility index (Phi) is 18.0. The first-order valence-corrected chi connectivity index (χ1v) is 24.3. The summed E-state index contributed by atoms with van der Waals surface area (Å²) in [5.74, 6) is 3.16. The van der Waals surface area contributed by atoms with E-state index >= 15 is 0 Å². The minimum atomic E-state index is -1.67. The molecule has 1 radical (unpaired) electrons. The first-order chi connectivity index (χ1) is 25.7. The standard InChI is InChI=1S/C36H44NSSi.C13H24O2.Ir/c1-23(2)20-39(21-24(3)4,22-25(5)6)29-13-14-31-32-15-16-37-35(36(32)38-34(31)19-29)28-17-27-11-9-10-12-30(27)33(18-28)26(7)8;1-5-10(6-2)12(14)9-13(15)11(7-3)8-4;/h9-16,18-19,23-26H,20-22H2,1-8H3;9-11,14H,5-8H2,1-4H3;/q-1;;/b;12-9-;. The van der Waals surface area contributed by atoms with E-state index in [1.807, 2.05) is 45.2 Å². The van der Waals surface area contributed by atoms with E-state index < -0.39 is 8.07 Å². The van der Waals surface area contributed by atoms with Gasteiger partial charge in [-0.2, -0.15) is 0 Å². The van der Waals surface area contributed by atoms with E-state index in [2.05, 4.69) is 116 Å². The molecule has 0 amide bonds. The molecule has 0 bridgehead atoms. The molecule has 0 aliphatic heterocycles. The normalized spacial score (nSPS) is 12.5. The third-order valence-electron chi connectivity index (χ3n) is 11.2. The van der Waals surface area contributed by atoms with Gasteiger partial charge in [0.1, 0.15) is 0 Å². The van der Waals surface area contributed by atoms with Crippen molar-refractivity contribution in [2.45, 2.75) is 133 Å². The summed E-state index contributed by atoms with van der Waals surface area (Å²) < 4.78 is 2.70. The summed E-state index contributed by atoms with van der Waals surface area (Å²) in [4.78, 5) is 16.7. The second-order valence-corrected chi connectivity index (χ2v) is 22.7. The second kappa shape index (κ2) is 21.2. The third kappa shape index (κ3) is 11.5. The largest absolute Gasteiger partial charge is 0.512 e.